The van der Waals surface area contributed by atoms with Gasteiger partial charge in [-0.2, -0.15) is 5.10 Å². The fourth-order valence-electron chi connectivity index (χ4n) is 2.74. The zero-order valence-corrected chi connectivity index (χ0v) is 10.1. The molecule has 1 atom stereocenters. The third-order valence-electron chi connectivity index (χ3n) is 3.66. The number of nitrogen functional groups attached to an aromatic ring is 1. The highest BCUT2D eigenvalue weighted by Crippen LogP contribution is 2.36. The summed E-state index contributed by atoms with van der Waals surface area (Å²) in [4.78, 5) is 0. The molecule has 1 aromatic heterocycles. The van der Waals surface area contributed by atoms with Crippen LogP contribution in [-0.2, 0) is 13.5 Å². The van der Waals surface area contributed by atoms with Gasteiger partial charge < -0.3 is 5.73 Å². The molecule has 0 bridgehead atoms. The monoisotopic (exact) mass is 227 g/mol. The van der Waals surface area contributed by atoms with E-state index in [0.29, 0.717) is 5.92 Å². The second-order valence-electron chi connectivity index (χ2n) is 4.76. The van der Waals surface area contributed by atoms with Gasteiger partial charge in [0, 0.05) is 19.0 Å². The molecule has 1 unspecified atom stereocenters. The highest BCUT2D eigenvalue weighted by molar-refractivity contribution is 5.41. The molecule has 88 valence electrons. The average molecular weight is 227 g/mol. The number of rotatable bonds is 1. The Morgan fingerprint density at radius 3 is 2.94 bits per heavy atom. The van der Waals surface area contributed by atoms with Crippen LogP contribution in [0, 0.1) is 0 Å². The Kier molecular flexibility index (Phi) is 2.39. The van der Waals surface area contributed by atoms with Crippen molar-refractivity contribution in [2.75, 3.05) is 5.73 Å². The van der Waals surface area contributed by atoms with Crippen LogP contribution in [0.3, 0.4) is 0 Å². The topological polar surface area (TPSA) is 43.8 Å². The summed E-state index contributed by atoms with van der Waals surface area (Å²) in [5.74, 6) is 1.16. The first-order chi connectivity index (χ1) is 8.25. The molecule has 0 amide bonds. The SMILES string of the molecule is Cn1nc(C2CCCc3ccccc32)cc1N. The van der Waals surface area contributed by atoms with E-state index in [1.807, 2.05) is 13.1 Å². The molecular weight excluding hydrogens is 210 g/mol. The molecule has 2 aromatic rings. The van der Waals surface area contributed by atoms with E-state index in [0.717, 1.165) is 11.5 Å². The van der Waals surface area contributed by atoms with Crippen molar-refractivity contribution in [3.63, 3.8) is 0 Å². The first-order valence-corrected chi connectivity index (χ1v) is 6.13. The van der Waals surface area contributed by atoms with Gasteiger partial charge >= 0.3 is 0 Å². The number of anilines is 1. The van der Waals surface area contributed by atoms with E-state index in [4.69, 9.17) is 5.73 Å². The Hall–Kier alpha value is -1.77. The summed E-state index contributed by atoms with van der Waals surface area (Å²) in [6, 6.07) is 10.7. The number of hydrogen-bond acceptors (Lipinski definition) is 2. The zero-order valence-electron chi connectivity index (χ0n) is 10.1. The summed E-state index contributed by atoms with van der Waals surface area (Å²) in [6.45, 7) is 0. The van der Waals surface area contributed by atoms with Crippen LogP contribution in [0.2, 0.25) is 0 Å². The molecule has 0 fully saturated rings. The summed E-state index contributed by atoms with van der Waals surface area (Å²) in [6.07, 6.45) is 3.60. The molecule has 1 aliphatic carbocycles. The number of benzene rings is 1. The Bertz CT molecular complexity index is 523. The van der Waals surface area contributed by atoms with Crippen molar-refractivity contribution >= 4 is 5.82 Å². The first kappa shape index (κ1) is 10.4. The molecule has 0 aliphatic heterocycles. The fourth-order valence-corrected chi connectivity index (χ4v) is 2.74. The van der Waals surface area contributed by atoms with Crippen LogP contribution in [0.25, 0.3) is 0 Å². The number of aromatic nitrogens is 2. The van der Waals surface area contributed by atoms with E-state index in [9.17, 15) is 0 Å². The minimum Gasteiger partial charge on any atom is -0.384 e. The van der Waals surface area contributed by atoms with Gasteiger partial charge in [-0.3, -0.25) is 4.68 Å². The molecule has 1 aromatic carbocycles. The van der Waals surface area contributed by atoms with Crippen molar-refractivity contribution in [1.82, 2.24) is 9.78 Å². The van der Waals surface area contributed by atoms with Gasteiger partial charge in [-0.1, -0.05) is 24.3 Å². The summed E-state index contributed by atoms with van der Waals surface area (Å²) in [7, 11) is 1.90. The quantitative estimate of drug-likeness (QED) is 0.813. The van der Waals surface area contributed by atoms with Crippen molar-refractivity contribution in [3.8, 4) is 0 Å². The van der Waals surface area contributed by atoms with Crippen molar-refractivity contribution in [2.24, 2.45) is 7.05 Å². The second kappa shape index (κ2) is 3.91. The molecule has 17 heavy (non-hydrogen) atoms. The van der Waals surface area contributed by atoms with E-state index < -0.39 is 0 Å². The second-order valence-corrected chi connectivity index (χ2v) is 4.76. The predicted molar refractivity (Wildman–Crippen MR) is 68.8 cm³/mol. The normalized spacial score (nSPS) is 19.0. The average Bonchev–Trinajstić information content (AvgIpc) is 2.69. The standard InChI is InChI=1S/C14H17N3/c1-17-14(15)9-13(16-17)12-8-4-6-10-5-2-3-7-11(10)12/h2-3,5,7,9,12H,4,6,8,15H2,1H3. The highest BCUT2D eigenvalue weighted by atomic mass is 15.3. The molecule has 0 saturated carbocycles. The fraction of sp³-hybridized carbons (Fsp3) is 0.357. The molecule has 3 rings (SSSR count). The van der Waals surface area contributed by atoms with E-state index in [1.54, 1.807) is 4.68 Å². The number of nitrogens with zero attached hydrogens (tertiary/aromatic N) is 2. The third-order valence-corrected chi connectivity index (χ3v) is 3.66. The van der Waals surface area contributed by atoms with Gasteiger partial charge in [0.1, 0.15) is 5.82 Å². The minimum absolute atomic E-state index is 0.420. The van der Waals surface area contributed by atoms with Crippen LogP contribution in [0.15, 0.2) is 30.3 Å². The number of nitrogens with two attached hydrogens (primary N) is 1. The maximum atomic E-state index is 5.87. The van der Waals surface area contributed by atoms with E-state index in [1.165, 1.54) is 30.4 Å². The highest BCUT2D eigenvalue weighted by Gasteiger charge is 2.23. The lowest BCUT2D eigenvalue weighted by Crippen LogP contribution is -2.11. The minimum atomic E-state index is 0.420. The first-order valence-electron chi connectivity index (χ1n) is 6.13. The van der Waals surface area contributed by atoms with Crippen molar-refractivity contribution in [1.29, 1.82) is 0 Å². The van der Waals surface area contributed by atoms with Crippen LogP contribution < -0.4 is 5.73 Å². The summed E-state index contributed by atoms with van der Waals surface area (Å²) in [5, 5.41) is 4.52. The molecule has 0 saturated heterocycles. The van der Waals surface area contributed by atoms with Crippen LogP contribution in [0.4, 0.5) is 5.82 Å². The van der Waals surface area contributed by atoms with Gasteiger partial charge in [0.2, 0.25) is 0 Å². The largest absolute Gasteiger partial charge is 0.384 e. The van der Waals surface area contributed by atoms with Crippen LogP contribution >= 0.6 is 0 Å². The molecule has 3 nitrogen and oxygen atoms in total. The van der Waals surface area contributed by atoms with E-state index in [-0.39, 0.29) is 0 Å². The van der Waals surface area contributed by atoms with Crippen LogP contribution in [0.1, 0.15) is 35.6 Å². The van der Waals surface area contributed by atoms with Crippen molar-refractivity contribution in [2.45, 2.75) is 25.2 Å². The molecule has 1 aliphatic rings. The zero-order chi connectivity index (χ0) is 11.8. The van der Waals surface area contributed by atoms with Crippen LogP contribution in [0.5, 0.6) is 0 Å². The molecule has 0 spiro atoms. The number of hydrogen-bond donors (Lipinski definition) is 1. The van der Waals surface area contributed by atoms with Crippen LogP contribution in [-0.4, -0.2) is 9.78 Å². The van der Waals surface area contributed by atoms with Gasteiger partial charge in [-0.25, -0.2) is 0 Å². The van der Waals surface area contributed by atoms with Gasteiger partial charge in [0.15, 0.2) is 0 Å². The molecular formula is C14H17N3. The van der Waals surface area contributed by atoms with E-state index in [2.05, 4.69) is 29.4 Å². The lowest BCUT2D eigenvalue weighted by atomic mass is 9.81. The molecule has 0 radical (unpaired) electrons. The summed E-state index contributed by atoms with van der Waals surface area (Å²) >= 11 is 0. The van der Waals surface area contributed by atoms with Gasteiger partial charge in [0.05, 0.1) is 5.69 Å². The van der Waals surface area contributed by atoms with Crippen molar-refractivity contribution < 1.29 is 0 Å². The van der Waals surface area contributed by atoms with Gasteiger partial charge in [-0.15, -0.1) is 0 Å². The summed E-state index contributed by atoms with van der Waals surface area (Å²) in [5.41, 5.74) is 9.87. The van der Waals surface area contributed by atoms with E-state index >= 15 is 0 Å². The molecule has 3 heteroatoms. The maximum absolute atomic E-state index is 5.87. The Labute approximate surface area is 101 Å². The number of aryl methyl sites for hydroxylation is 2. The van der Waals surface area contributed by atoms with Gasteiger partial charge in [0.25, 0.3) is 0 Å². The predicted octanol–water partition coefficient (Wildman–Crippen LogP) is 2.47. The number of fused-ring (bicyclic) bond motifs is 1. The van der Waals surface area contributed by atoms with Crippen molar-refractivity contribution in [3.05, 3.63) is 47.2 Å². The maximum Gasteiger partial charge on any atom is 0.121 e. The Morgan fingerprint density at radius 1 is 1.35 bits per heavy atom. The lowest BCUT2D eigenvalue weighted by molar-refractivity contribution is 0.593. The Morgan fingerprint density at radius 2 is 2.18 bits per heavy atom. The third kappa shape index (κ3) is 1.71. The molecule has 2 N–H and O–H groups in total. The lowest BCUT2D eigenvalue weighted by Gasteiger charge is -2.23. The summed E-state index contributed by atoms with van der Waals surface area (Å²) < 4.78 is 1.76. The van der Waals surface area contributed by atoms with Gasteiger partial charge in [-0.05, 0) is 30.4 Å². The Balaban J connectivity index is 2.05. The smallest absolute Gasteiger partial charge is 0.121 e. The molecule has 1 heterocycles.